The Morgan fingerprint density at radius 2 is 1.68 bits per heavy atom. The molecular weight excluding hydrogens is 468 g/mol. The van der Waals surface area contributed by atoms with Gasteiger partial charge in [0.15, 0.2) is 0 Å². The monoisotopic (exact) mass is 498 g/mol. The zero-order chi connectivity index (χ0) is 25.8. The fourth-order valence-electron chi connectivity index (χ4n) is 4.70. The molecule has 0 radical (unpaired) electrons. The molecule has 1 fully saturated rings. The summed E-state index contributed by atoms with van der Waals surface area (Å²) < 4.78 is 16.9. The highest BCUT2D eigenvalue weighted by atomic mass is 16.5. The van der Waals surface area contributed by atoms with Crippen LogP contribution >= 0.6 is 0 Å². The first kappa shape index (κ1) is 24.6. The molecule has 0 saturated carbocycles. The van der Waals surface area contributed by atoms with Crippen molar-refractivity contribution in [1.82, 2.24) is 4.98 Å². The molecule has 1 N–H and O–H groups in total. The Morgan fingerprint density at radius 1 is 0.973 bits per heavy atom. The van der Waals surface area contributed by atoms with Gasteiger partial charge >= 0.3 is 0 Å². The van der Waals surface area contributed by atoms with Gasteiger partial charge in [-0.15, -0.1) is 0 Å². The predicted octanol–water partition coefficient (Wildman–Crippen LogP) is 4.85. The summed E-state index contributed by atoms with van der Waals surface area (Å²) in [5, 5.41) is 9.96. The van der Waals surface area contributed by atoms with Crippen molar-refractivity contribution in [2.24, 2.45) is 5.92 Å². The number of ether oxygens (including phenoxy) is 2. The van der Waals surface area contributed by atoms with Gasteiger partial charge < -0.3 is 23.9 Å². The van der Waals surface area contributed by atoms with Crippen LogP contribution in [0.25, 0.3) is 11.5 Å². The van der Waals surface area contributed by atoms with Crippen molar-refractivity contribution in [3.8, 4) is 23.0 Å². The molecule has 1 saturated heterocycles. The summed E-state index contributed by atoms with van der Waals surface area (Å²) in [6, 6.07) is 24.7. The van der Waals surface area contributed by atoms with Crippen LogP contribution in [0, 0.1) is 12.8 Å². The minimum absolute atomic E-state index is 0.0161. The number of methoxy groups -OCH3 is 1. The summed E-state index contributed by atoms with van der Waals surface area (Å²) >= 11 is 0. The van der Waals surface area contributed by atoms with E-state index in [1.807, 2.05) is 85.8 Å². The maximum absolute atomic E-state index is 12.9. The number of aromatic nitrogens is 1. The van der Waals surface area contributed by atoms with E-state index in [9.17, 15) is 9.90 Å². The highest BCUT2D eigenvalue weighted by molar-refractivity contribution is 6.03. The van der Waals surface area contributed by atoms with E-state index in [2.05, 4.69) is 4.98 Å². The fourth-order valence-corrected chi connectivity index (χ4v) is 4.70. The normalized spacial score (nSPS) is 16.9. The highest BCUT2D eigenvalue weighted by Crippen LogP contribution is 2.35. The lowest BCUT2D eigenvalue weighted by Crippen LogP contribution is -2.63. The van der Waals surface area contributed by atoms with E-state index < -0.39 is 0 Å². The van der Waals surface area contributed by atoms with Crippen LogP contribution in [0.2, 0.25) is 0 Å². The largest absolute Gasteiger partial charge is 0.497 e. The molecule has 7 nitrogen and oxygen atoms in total. The number of β-lactam (4-membered cyclic amide) rings is 1. The summed E-state index contributed by atoms with van der Waals surface area (Å²) in [6.07, 6.45) is 1.21. The number of hydrogen-bond acceptors (Lipinski definition) is 6. The van der Waals surface area contributed by atoms with Gasteiger partial charge in [0, 0.05) is 17.7 Å². The molecule has 1 aliphatic heterocycles. The minimum atomic E-state index is -0.257. The number of benzene rings is 3. The quantitative estimate of drug-likeness (QED) is 0.315. The zero-order valence-corrected chi connectivity index (χ0v) is 21.0. The third kappa shape index (κ3) is 5.22. The highest BCUT2D eigenvalue weighted by Gasteiger charge is 2.47. The summed E-state index contributed by atoms with van der Waals surface area (Å²) in [5.41, 5.74) is 3.63. The number of carbonyl (C=O) groups excluding carboxylic acids is 1. The summed E-state index contributed by atoms with van der Waals surface area (Å²) in [4.78, 5) is 19.2. The van der Waals surface area contributed by atoms with Crippen LogP contribution in [-0.2, 0) is 17.6 Å². The number of carbonyl (C=O) groups is 1. The Morgan fingerprint density at radius 3 is 2.35 bits per heavy atom. The van der Waals surface area contributed by atoms with E-state index in [0.29, 0.717) is 25.3 Å². The Balaban J connectivity index is 1.14. The predicted molar refractivity (Wildman–Crippen MR) is 141 cm³/mol. The summed E-state index contributed by atoms with van der Waals surface area (Å²) in [6.45, 7) is 2.31. The van der Waals surface area contributed by atoms with E-state index in [4.69, 9.17) is 13.9 Å². The number of anilines is 1. The SMILES string of the molecule is COc1ccc(N2C(=O)[C@@H](Cc3ccc(OCCc4nc(-c5ccccc5)oc4C)cc3)[C@H]2CO)cc1. The number of nitrogens with zero attached hydrogens (tertiary/aromatic N) is 2. The van der Waals surface area contributed by atoms with Crippen LogP contribution in [0.5, 0.6) is 11.5 Å². The molecule has 37 heavy (non-hydrogen) atoms. The van der Waals surface area contributed by atoms with Crippen LogP contribution in [0.4, 0.5) is 5.69 Å². The van der Waals surface area contributed by atoms with Gasteiger partial charge in [0.2, 0.25) is 11.8 Å². The van der Waals surface area contributed by atoms with Gasteiger partial charge in [0.05, 0.1) is 38.0 Å². The molecule has 0 spiro atoms. The minimum Gasteiger partial charge on any atom is -0.497 e. The summed E-state index contributed by atoms with van der Waals surface area (Å²) in [5.74, 6) is 2.66. The van der Waals surface area contributed by atoms with Gasteiger partial charge in [-0.1, -0.05) is 30.3 Å². The van der Waals surface area contributed by atoms with Crippen LogP contribution in [0.15, 0.2) is 83.3 Å². The number of amides is 1. The molecule has 190 valence electrons. The van der Waals surface area contributed by atoms with E-state index in [-0.39, 0.29) is 24.5 Å². The van der Waals surface area contributed by atoms with E-state index in [1.165, 1.54) is 0 Å². The lowest BCUT2D eigenvalue weighted by atomic mass is 9.82. The first-order valence-corrected chi connectivity index (χ1v) is 12.4. The van der Waals surface area contributed by atoms with Gasteiger partial charge in [-0.3, -0.25) is 4.79 Å². The molecule has 1 aliphatic rings. The molecule has 1 aromatic heterocycles. The van der Waals surface area contributed by atoms with Crippen LogP contribution in [-0.4, -0.2) is 42.4 Å². The topological polar surface area (TPSA) is 85.0 Å². The molecule has 3 aromatic carbocycles. The molecule has 1 amide bonds. The van der Waals surface area contributed by atoms with Crippen LogP contribution < -0.4 is 14.4 Å². The molecular formula is C30H30N2O5. The van der Waals surface area contributed by atoms with Gasteiger partial charge in [-0.05, 0) is 67.4 Å². The molecule has 4 aromatic rings. The van der Waals surface area contributed by atoms with Crippen molar-refractivity contribution >= 4 is 11.6 Å². The molecule has 0 aliphatic carbocycles. The second-order valence-electron chi connectivity index (χ2n) is 9.10. The number of aryl methyl sites for hydroxylation is 1. The van der Waals surface area contributed by atoms with Crippen molar-refractivity contribution in [2.75, 3.05) is 25.2 Å². The van der Waals surface area contributed by atoms with Gasteiger partial charge in [-0.2, -0.15) is 0 Å². The maximum Gasteiger partial charge on any atom is 0.232 e. The van der Waals surface area contributed by atoms with Crippen molar-refractivity contribution < 1.29 is 23.8 Å². The Kier molecular flexibility index (Phi) is 7.23. The standard InChI is InChI=1S/C30H30N2O5/c1-20-27(31-29(37-20)22-6-4-3-5-7-22)16-17-36-25-12-8-21(9-13-25)18-26-28(19-33)32(30(26)34)23-10-14-24(35-2)15-11-23/h3-15,26,28,33H,16-19H2,1-2H3/t26-,28+/m0/s1. The number of hydrogen-bond donors (Lipinski definition) is 1. The molecule has 7 heteroatoms. The van der Waals surface area contributed by atoms with Crippen molar-refractivity contribution in [3.05, 3.63) is 95.9 Å². The van der Waals surface area contributed by atoms with E-state index in [1.54, 1.807) is 12.0 Å². The van der Waals surface area contributed by atoms with Gasteiger partial charge in [0.25, 0.3) is 0 Å². The van der Waals surface area contributed by atoms with Gasteiger partial charge in [-0.25, -0.2) is 4.98 Å². The van der Waals surface area contributed by atoms with E-state index in [0.717, 1.165) is 39.8 Å². The zero-order valence-electron chi connectivity index (χ0n) is 21.0. The molecule has 2 heterocycles. The van der Waals surface area contributed by atoms with Crippen molar-refractivity contribution in [3.63, 3.8) is 0 Å². The number of aliphatic hydroxyl groups excluding tert-OH is 1. The van der Waals surface area contributed by atoms with Gasteiger partial charge in [0.1, 0.15) is 17.3 Å². The Bertz CT molecular complexity index is 1330. The second kappa shape index (κ2) is 10.9. The van der Waals surface area contributed by atoms with Crippen LogP contribution in [0.3, 0.4) is 0 Å². The maximum atomic E-state index is 12.9. The Hall–Kier alpha value is -4.10. The molecule has 0 bridgehead atoms. The number of rotatable bonds is 10. The summed E-state index contributed by atoms with van der Waals surface area (Å²) in [7, 11) is 1.60. The number of aliphatic hydroxyl groups is 1. The smallest absolute Gasteiger partial charge is 0.232 e. The average molecular weight is 499 g/mol. The third-order valence-electron chi connectivity index (χ3n) is 6.79. The second-order valence-corrected chi connectivity index (χ2v) is 9.10. The fraction of sp³-hybridized carbons (Fsp3) is 0.267. The first-order chi connectivity index (χ1) is 18.1. The van der Waals surface area contributed by atoms with E-state index >= 15 is 0 Å². The average Bonchev–Trinajstić information content (AvgIpc) is 3.31. The van der Waals surface area contributed by atoms with Crippen molar-refractivity contribution in [2.45, 2.75) is 25.8 Å². The van der Waals surface area contributed by atoms with Crippen LogP contribution in [0.1, 0.15) is 17.0 Å². The number of oxazole rings is 1. The molecule has 2 atom stereocenters. The Labute approximate surface area is 216 Å². The lowest BCUT2D eigenvalue weighted by Gasteiger charge is -2.46. The molecule has 0 unspecified atom stereocenters. The molecule has 5 rings (SSSR count). The van der Waals surface area contributed by atoms with Crippen molar-refractivity contribution in [1.29, 1.82) is 0 Å². The third-order valence-corrected chi connectivity index (χ3v) is 6.79. The first-order valence-electron chi connectivity index (χ1n) is 12.4. The lowest BCUT2D eigenvalue weighted by molar-refractivity contribution is -0.131.